The Morgan fingerprint density at radius 3 is 2.40 bits per heavy atom. The van der Waals surface area contributed by atoms with Gasteiger partial charge in [0.05, 0.1) is 19.1 Å². The van der Waals surface area contributed by atoms with Crippen LogP contribution in [-0.4, -0.2) is 55.6 Å². The number of ether oxygens (including phenoxy) is 2. The van der Waals surface area contributed by atoms with Crippen molar-refractivity contribution in [2.45, 2.75) is 43.5 Å². The Labute approximate surface area is 204 Å². The van der Waals surface area contributed by atoms with Crippen LogP contribution in [-0.2, 0) is 10.0 Å². The van der Waals surface area contributed by atoms with Gasteiger partial charge in [0.15, 0.2) is 0 Å². The average Bonchev–Trinajstić information content (AvgIpc) is 3.35. The molecule has 1 unspecified atom stereocenters. The van der Waals surface area contributed by atoms with Crippen molar-refractivity contribution >= 4 is 21.9 Å². The molecule has 1 amide bonds. The maximum absolute atomic E-state index is 13.1. The second kappa shape index (κ2) is 10.4. The van der Waals surface area contributed by atoms with E-state index in [1.54, 1.807) is 22.5 Å². The van der Waals surface area contributed by atoms with E-state index in [-0.39, 0.29) is 28.4 Å². The molecule has 1 fully saturated rings. The van der Waals surface area contributed by atoms with Crippen LogP contribution in [0, 0.1) is 0 Å². The highest BCUT2D eigenvalue weighted by atomic mass is 32.2. The molecule has 1 N–H and O–H groups in total. The smallest absolute Gasteiger partial charge is 0.322 e. The molecule has 1 atom stereocenters. The molecule has 3 aromatic rings. The number of hydrogen-bond donors (Lipinski definition) is 1. The summed E-state index contributed by atoms with van der Waals surface area (Å²) in [5.74, 6) is 0.548. The van der Waals surface area contributed by atoms with Gasteiger partial charge in [0, 0.05) is 18.2 Å². The van der Waals surface area contributed by atoms with Gasteiger partial charge in [-0.3, -0.25) is 10.1 Å². The van der Waals surface area contributed by atoms with E-state index in [1.165, 1.54) is 38.5 Å². The fraction of sp³-hybridized carbons (Fsp3) is 0.375. The summed E-state index contributed by atoms with van der Waals surface area (Å²) < 4.78 is 44.2. The first kappa shape index (κ1) is 24.7. The number of aromatic nitrogens is 2. The molecule has 11 heteroatoms. The molecule has 0 aliphatic carbocycles. The lowest BCUT2D eigenvalue weighted by Crippen LogP contribution is -2.43. The standard InChI is InChI=1S/C24H28N4O6S/c1-4-17-8-5-6-15-28(17)35(30,31)18-13-11-16(12-14-18)22(29)25-24-27-26-23(34-24)21-19(32-2)9-7-10-20(21)33-3/h7,9-14,17H,4-6,8,15H2,1-3H3,(H,25,27,29). The van der Waals surface area contributed by atoms with Gasteiger partial charge in [-0.25, -0.2) is 8.42 Å². The fourth-order valence-electron chi connectivity index (χ4n) is 4.22. The van der Waals surface area contributed by atoms with Gasteiger partial charge in [-0.15, -0.1) is 5.10 Å². The molecule has 35 heavy (non-hydrogen) atoms. The fourth-order valence-corrected chi connectivity index (χ4v) is 5.99. The van der Waals surface area contributed by atoms with Crippen LogP contribution >= 0.6 is 0 Å². The van der Waals surface area contributed by atoms with Crippen LogP contribution in [0.5, 0.6) is 11.5 Å². The predicted molar refractivity (Wildman–Crippen MR) is 129 cm³/mol. The van der Waals surface area contributed by atoms with E-state index in [4.69, 9.17) is 13.9 Å². The molecule has 0 saturated carbocycles. The number of sulfonamides is 1. The minimum Gasteiger partial charge on any atom is -0.496 e. The predicted octanol–water partition coefficient (Wildman–Crippen LogP) is 3.96. The third-order valence-electron chi connectivity index (χ3n) is 6.05. The zero-order chi connectivity index (χ0) is 25.0. The lowest BCUT2D eigenvalue weighted by molar-refractivity contribution is 0.102. The number of piperidine rings is 1. The van der Waals surface area contributed by atoms with Crippen molar-refractivity contribution in [1.82, 2.24) is 14.5 Å². The highest BCUT2D eigenvalue weighted by molar-refractivity contribution is 7.89. The van der Waals surface area contributed by atoms with E-state index in [0.717, 1.165) is 25.7 Å². The monoisotopic (exact) mass is 500 g/mol. The van der Waals surface area contributed by atoms with Crippen molar-refractivity contribution in [2.24, 2.45) is 0 Å². The summed E-state index contributed by atoms with van der Waals surface area (Å²) in [7, 11) is -0.611. The van der Waals surface area contributed by atoms with Gasteiger partial charge in [-0.2, -0.15) is 4.31 Å². The Hall–Kier alpha value is -3.44. The van der Waals surface area contributed by atoms with Gasteiger partial charge < -0.3 is 13.9 Å². The first-order valence-electron chi connectivity index (χ1n) is 11.4. The van der Waals surface area contributed by atoms with E-state index in [2.05, 4.69) is 15.5 Å². The van der Waals surface area contributed by atoms with Gasteiger partial charge in [0.1, 0.15) is 17.1 Å². The van der Waals surface area contributed by atoms with Crippen molar-refractivity contribution < 1.29 is 27.1 Å². The number of carbonyl (C=O) groups is 1. The van der Waals surface area contributed by atoms with Crippen molar-refractivity contribution in [2.75, 3.05) is 26.1 Å². The molecule has 1 saturated heterocycles. The second-order valence-corrected chi connectivity index (χ2v) is 9.99. The maximum atomic E-state index is 13.1. The van der Waals surface area contributed by atoms with E-state index in [1.807, 2.05) is 6.92 Å². The number of hydrogen-bond acceptors (Lipinski definition) is 8. The maximum Gasteiger partial charge on any atom is 0.322 e. The lowest BCUT2D eigenvalue weighted by Gasteiger charge is -2.34. The van der Waals surface area contributed by atoms with Crippen LogP contribution in [0.1, 0.15) is 43.0 Å². The third kappa shape index (κ3) is 5.01. The first-order valence-corrected chi connectivity index (χ1v) is 12.8. The Kier molecular flexibility index (Phi) is 7.37. The SMILES string of the molecule is CCC1CCCCN1S(=O)(=O)c1ccc(C(=O)Nc2nnc(-c3c(OC)cccc3OC)o2)cc1. The zero-order valence-corrected chi connectivity index (χ0v) is 20.7. The van der Waals surface area contributed by atoms with Gasteiger partial charge in [-0.05, 0) is 55.7 Å². The van der Waals surface area contributed by atoms with Crippen LogP contribution in [0.4, 0.5) is 6.01 Å². The normalized spacial score (nSPS) is 16.6. The van der Waals surface area contributed by atoms with E-state index in [0.29, 0.717) is 23.6 Å². The summed E-state index contributed by atoms with van der Waals surface area (Å²) in [4.78, 5) is 12.9. The van der Waals surface area contributed by atoms with Crippen LogP contribution < -0.4 is 14.8 Å². The van der Waals surface area contributed by atoms with Gasteiger partial charge in [0.2, 0.25) is 10.0 Å². The highest BCUT2D eigenvalue weighted by Crippen LogP contribution is 2.37. The second-order valence-electron chi connectivity index (χ2n) is 8.10. The molecule has 0 bridgehead atoms. The summed E-state index contributed by atoms with van der Waals surface area (Å²) in [5.41, 5.74) is 0.715. The lowest BCUT2D eigenvalue weighted by atomic mass is 10.0. The molecule has 1 aliphatic rings. The van der Waals surface area contributed by atoms with Gasteiger partial charge >= 0.3 is 6.01 Å². The molecule has 186 valence electrons. The number of carbonyl (C=O) groups excluding carboxylic acids is 1. The third-order valence-corrected chi connectivity index (χ3v) is 8.02. The number of anilines is 1. The minimum absolute atomic E-state index is 0.00492. The minimum atomic E-state index is -3.63. The van der Waals surface area contributed by atoms with Crippen LogP contribution in [0.2, 0.25) is 0 Å². The average molecular weight is 501 g/mol. The van der Waals surface area contributed by atoms with Gasteiger partial charge in [-0.1, -0.05) is 24.5 Å². The molecule has 0 spiro atoms. The van der Waals surface area contributed by atoms with Crippen LogP contribution in [0.25, 0.3) is 11.5 Å². The number of rotatable bonds is 8. The van der Waals surface area contributed by atoms with E-state index in [9.17, 15) is 13.2 Å². The summed E-state index contributed by atoms with van der Waals surface area (Å²) in [6.07, 6.45) is 3.52. The van der Waals surface area contributed by atoms with Gasteiger partial charge in [0.25, 0.3) is 11.8 Å². The molecule has 10 nitrogen and oxygen atoms in total. The Bertz CT molecular complexity index is 1270. The molecular formula is C24H28N4O6S. The van der Waals surface area contributed by atoms with Crippen molar-refractivity contribution in [3.05, 3.63) is 48.0 Å². The molecular weight excluding hydrogens is 472 g/mol. The van der Waals surface area contributed by atoms with E-state index >= 15 is 0 Å². The number of amides is 1. The van der Waals surface area contributed by atoms with Crippen molar-refractivity contribution in [3.8, 4) is 23.0 Å². The molecule has 2 aromatic carbocycles. The first-order chi connectivity index (χ1) is 16.9. The Morgan fingerprint density at radius 2 is 1.77 bits per heavy atom. The van der Waals surface area contributed by atoms with Crippen molar-refractivity contribution in [3.63, 3.8) is 0 Å². The Morgan fingerprint density at radius 1 is 1.09 bits per heavy atom. The highest BCUT2D eigenvalue weighted by Gasteiger charge is 2.32. The Balaban J connectivity index is 1.50. The summed E-state index contributed by atoms with van der Waals surface area (Å²) in [5, 5.41) is 10.4. The number of benzene rings is 2. The summed E-state index contributed by atoms with van der Waals surface area (Å²) in [6, 6.07) is 10.9. The molecule has 0 radical (unpaired) electrons. The van der Waals surface area contributed by atoms with Crippen LogP contribution in [0.3, 0.4) is 0 Å². The van der Waals surface area contributed by atoms with E-state index < -0.39 is 15.9 Å². The largest absolute Gasteiger partial charge is 0.496 e. The molecule has 1 aromatic heterocycles. The number of nitrogens with zero attached hydrogens (tertiary/aromatic N) is 3. The molecule has 4 rings (SSSR count). The number of methoxy groups -OCH3 is 2. The van der Waals surface area contributed by atoms with Crippen molar-refractivity contribution in [1.29, 1.82) is 0 Å². The summed E-state index contributed by atoms with van der Waals surface area (Å²) >= 11 is 0. The topological polar surface area (TPSA) is 124 Å². The van der Waals surface area contributed by atoms with Crippen LogP contribution in [0.15, 0.2) is 51.8 Å². The quantitative estimate of drug-likeness (QED) is 0.493. The zero-order valence-electron chi connectivity index (χ0n) is 19.9. The number of nitrogens with one attached hydrogen (secondary N) is 1. The molecule has 2 heterocycles. The molecule has 1 aliphatic heterocycles. The summed E-state index contributed by atoms with van der Waals surface area (Å²) in [6.45, 7) is 2.51.